The number of nitrogens with zero attached hydrogens (tertiary/aromatic N) is 2. The molecule has 0 radical (unpaired) electrons. The Kier molecular flexibility index (Phi) is 3.90. The Morgan fingerprint density at radius 3 is 2.30 bits per heavy atom. The third-order valence-electron chi connectivity index (χ3n) is 3.46. The zero-order chi connectivity index (χ0) is 14.9. The molecule has 0 aliphatic rings. The van der Waals surface area contributed by atoms with Crippen LogP contribution in [0.25, 0.3) is 0 Å². The van der Waals surface area contributed by atoms with Gasteiger partial charge in [-0.15, -0.1) is 0 Å². The number of nitrogens with two attached hydrogens (primary N) is 1. The van der Waals surface area contributed by atoms with E-state index < -0.39 is 17.2 Å². The van der Waals surface area contributed by atoms with E-state index in [1.54, 1.807) is 11.6 Å². The molecule has 108 valence electrons. The molecule has 1 aromatic heterocycles. The first-order valence-corrected chi connectivity index (χ1v) is 6.59. The maximum atomic E-state index is 13.3. The van der Waals surface area contributed by atoms with Crippen molar-refractivity contribution in [2.75, 3.05) is 0 Å². The number of aryl methyl sites for hydroxylation is 2. The summed E-state index contributed by atoms with van der Waals surface area (Å²) in [4.78, 5) is 0. The molecule has 0 aliphatic heterocycles. The van der Waals surface area contributed by atoms with Crippen LogP contribution in [0.3, 0.4) is 0 Å². The van der Waals surface area contributed by atoms with E-state index in [2.05, 4.69) is 5.10 Å². The SMILES string of the molecule is CCc1cc(CC(C)(N)c2cc(F)cc(F)c2)n(C)n1. The van der Waals surface area contributed by atoms with E-state index in [0.717, 1.165) is 23.9 Å². The topological polar surface area (TPSA) is 43.8 Å². The molecular weight excluding hydrogens is 260 g/mol. The van der Waals surface area contributed by atoms with Gasteiger partial charge in [0.15, 0.2) is 0 Å². The monoisotopic (exact) mass is 279 g/mol. The summed E-state index contributed by atoms with van der Waals surface area (Å²) >= 11 is 0. The Bertz CT molecular complexity index is 597. The summed E-state index contributed by atoms with van der Waals surface area (Å²) in [5.74, 6) is -1.23. The van der Waals surface area contributed by atoms with Gasteiger partial charge >= 0.3 is 0 Å². The van der Waals surface area contributed by atoms with Gasteiger partial charge in [-0.3, -0.25) is 4.68 Å². The van der Waals surface area contributed by atoms with Crippen molar-refractivity contribution in [1.82, 2.24) is 9.78 Å². The van der Waals surface area contributed by atoms with Crippen LogP contribution >= 0.6 is 0 Å². The highest BCUT2D eigenvalue weighted by molar-refractivity contribution is 5.27. The molecule has 0 aliphatic carbocycles. The Balaban J connectivity index is 2.32. The summed E-state index contributed by atoms with van der Waals surface area (Å²) in [6, 6.07) is 5.37. The van der Waals surface area contributed by atoms with E-state index in [9.17, 15) is 8.78 Å². The summed E-state index contributed by atoms with van der Waals surface area (Å²) < 4.78 is 28.4. The highest BCUT2D eigenvalue weighted by Gasteiger charge is 2.25. The van der Waals surface area contributed by atoms with E-state index >= 15 is 0 Å². The smallest absolute Gasteiger partial charge is 0.126 e. The van der Waals surface area contributed by atoms with Gasteiger partial charge in [0.2, 0.25) is 0 Å². The fourth-order valence-corrected chi connectivity index (χ4v) is 2.27. The van der Waals surface area contributed by atoms with Crippen molar-refractivity contribution in [2.45, 2.75) is 32.2 Å². The standard InChI is InChI=1S/C15H19F2N3/c1-4-13-8-14(20(3)19-13)9-15(2,18)10-5-11(16)7-12(17)6-10/h5-8H,4,9,18H2,1-3H3. The van der Waals surface area contributed by atoms with Crippen molar-refractivity contribution in [3.05, 3.63) is 52.9 Å². The van der Waals surface area contributed by atoms with E-state index in [4.69, 9.17) is 5.73 Å². The van der Waals surface area contributed by atoms with Crippen molar-refractivity contribution >= 4 is 0 Å². The Morgan fingerprint density at radius 2 is 1.80 bits per heavy atom. The minimum absolute atomic E-state index is 0.439. The molecule has 2 N–H and O–H groups in total. The molecule has 0 saturated heterocycles. The molecule has 2 rings (SSSR count). The van der Waals surface area contributed by atoms with Gasteiger partial charge in [0, 0.05) is 30.8 Å². The number of hydrogen-bond acceptors (Lipinski definition) is 2. The largest absolute Gasteiger partial charge is 0.321 e. The molecule has 1 atom stereocenters. The molecule has 1 aromatic carbocycles. The van der Waals surface area contributed by atoms with Gasteiger partial charge in [-0.25, -0.2) is 8.78 Å². The summed E-state index contributed by atoms with van der Waals surface area (Å²) in [5.41, 5.74) is 7.75. The van der Waals surface area contributed by atoms with Crippen LogP contribution in [0.5, 0.6) is 0 Å². The van der Waals surface area contributed by atoms with Crippen LogP contribution in [0.4, 0.5) is 8.78 Å². The van der Waals surface area contributed by atoms with Gasteiger partial charge in [0.1, 0.15) is 11.6 Å². The number of rotatable bonds is 4. The molecule has 5 heteroatoms. The van der Waals surface area contributed by atoms with Crippen molar-refractivity contribution in [2.24, 2.45) is 12.8 Å². The normalized spacial score (nSPS) is 14.3. The fourth-order valence-electron chi connectivity index (χ4n) is 2.27. The van der Waals surface area contributed by atoms with Gasteiger partial charge in [-0.2, -0.15) is 5.10 Å². The minimum Gasteiger partial charge on any atom is -0.321 e. The second kappa shape index (κ2) is 5.32. The Morgan fingerprint density at radius 1 is 1.20 bits per heavy atom. The van der Waals surface area contributed by atoms with Crippen LogP contribution in [0.15, 0.2) is 24.3 Å². The third kappa shape index (κ3) is 3.04. The lowest BCUT2D eigenvalue weighted by Gasteiger charge is -2.25. The average molecular weight is 279 g/mol. The maximum Gasteiger partial charge on any atom is 0.126 e. The number of benzene rings is 1. The predicted molar refractivity (Wildman–Crippen MR) is 74.2 cm³/mol. The minimum atomic E-state index is -0.859. The van der Waals surface area contributed by atoms with Crippen LogP contribution in [0.2, 0.25) is 0 Å². The molecule has 1 unspecified atom stereocenters. The van der Waals surface area contributed by atoms with E-state index in [0.29, 0.717) is 12.0 Å². The summed E-state index contributed by atoms with van der Waals surface area (Å²) in [7, 11) is 1.84. The zero-order valence-electron chi connectivity index (χ0n) is 12.0. The van der Waals surface area contributed by atoms with Crippen molar-refractivity contribution < 1.29 is 8.78 Å². The van der Waals surface area contributed by atoms with Gasteiger partial charge < -0.3 is 5.73 Å². The second-order valence-electron chi connectivity index (χ2n) is 5.36. The van der Waals surface area contributed by atoms with Crippen molar-refractivity contribution in [1.29, 1.82) is 0 Å². The molecule has 0 saturated carbocycles. The molecule has 1 heterocycles. The van der Waals surface area contributed by atoms with Crippen LogP contribution in [0, 0.1) is 11.6 Å². The Labute approximate surface area is 117 Å². The lowest BCUT2D eigenvalue weighted by molar-refractivity contribution is 0.462. The zero-order valence-corrected chi connectivity index (χ0v) is 12.0. The van der Waals surface area contributed by atoms with Gasteiger partial charge in [-0.1, -0.05) is 6.92 Å². The van der Waals surface area contributed by atoms with Crippen LogP contribution in [-0.4, -0.2) is 9.78 Å². The van der Waals surface area contributed by atoms with E-state index in [1.165, 1.54) is 12.1 Å². The molecule has 2 aromatic rings. The molecule has 20 heavy (non-hydrogen) atoms. The molecule has 0 fully saturated rings. The lowest BCUT2D eigenvalue weighted by atomic mass is 9.88. The van der Waals surface area contributed by atoms with E-state index in [-0.39, 0.29) is 0 Å². The van der Waals surface area contributed by atoms with E-state index in [1.807, 2.05) is 20.0 Å². The van der Waals surface area contributed by atoms with Crippen LogP contribution in [-0.2, 0) is 25.4 Å². The van der Waals surface area contributed by atoms with Gasteiger partial charge in [-0.05, 0) is 37.1 Å². The molecule has 0 bridgehead atoms. The van der Waals surface area contributed by atoms with Gasteiger partial charge in [0.05, 0.1) is 5.69 Å². The maximum absolute atomic E-state index is 13.3. The fraction of sp³-hybridized carbons (Fsp3) is 0.400. The third-order valence-corrected chi connectivity index (χ3v) is 3.46. The number of aromatic nitrogens is 2. The second-order valence-corrected chi connectivity index (χ2v) is 5.36. The quantitative estimate of drug-likeness (QED) is 0.935. The number of hydrogen-bond donors (Lipinski definition) is 1. The first-order valence-electron chi connectivity index (χ1n) is 6.59. The van der Waals surface area contributed by atoms with Crippen molar-refractivity contribution in [3.8, 4) is 0 Å². The van der Waals surface area contributed by atoms with Gasteiger partial charge in [0.25, 0.3) is 0 Å². The summed E-state index contributed by atoms with van der Waals surface area (Å²) in [5, 5.41) is 4.36. The first-order chi connectivity index (χ1) is 9.31. The average Bonchev–Trinajstić information content (AvgIpc) is 2.68. The summed E-state index contributed by atoms with van der Waals surface area (Å²) in [6.45, 7) is 3.79. The Hall–Kier alpha value is -1.75. The van der Waals surface area contributed by atoms with Crippen LogP contribution < -0.4 is 5.73 Å². The molecule has 3 nitrogen and oxygen atoms in total. The molecule has 0 amide bonds. The highest BCUT2D eigenvalue weighted by Crippen LogP contribution is 2.24. The molecular formula is C15H19F2N3. The van der Waals surface area contributed by atoms with Crippen LogP contribution in [0.1, 0.15) is 30.8 Å². The highest BCUT2D eigenvalue weighted by atomic mass is 19.1. The predicted octanol–water partition coefficient (Wildman–Crippen LogP) is 2.68. The number of halogens is 2. The lowest BCUT2D eigenvalue weighted by Crippen LogP contribution is -2.36. The summed E-state index contributed by atoms with van der Waals surface area (Å²) in [6.07, 6.45) is 1.29. The van der Waals surface area contributed by atoms with Crippen molar-refractivity contribution in [3.63, 3.8) is 0 Å². The first kappa shape index (κ1) is 14.7. The molecule has 0 spiro atoms.